The molecule has 0 saturated carbocycles. The largest absolute Gasteiger partial charge is 0.490 e. The van der Waals surface area contributed by atoms with E-state index in [1.807, 2.05) is 19.1 Å². The summed E-state index contributed by atoms with van der Waals surface area (Å²) in [6.45, 7) is 5.00. The van der Waals surface area contributed by atoms with Gasteiger partial charge in [0, 0.05) is 0 Å². The van der Waals surface area contributed by atoms with Crippen molar-refractivity contribution in [2.75, 3.05) is 13.2 Å². The maximum atomic E-state index is 8.81. The van der Waals surface area contributed by atoms with Crippen molar-refractivity contribution in [1.82, 2.24) is 0 Å². The predicted octanol–water partition coefficient (Wildman–Crippen LogP) is 4.40. The van der Waals surface area contributed by atoms with E-state index >= 15 is 0 Å². The van der Waals surface area contributed by atoms with Crippen LogP contribution in [0.15, 0.2) is 40.9 Å². The van der Waals surface area contributed by atoms with Gasteiger partial charge in [0.1, 0.15) is 24.7 Å². The van der Waals surface area contributed by atoms with Gasteiger partial charge in [-0.05, 0) is 59.6 Å². The van der Waals surface area contributed by atoms with Crippen LogP contribution in [-0.2, 0) is 0 Å². The van der Waals surface area contributed by atoms with E-state index in [-0.39, 0.29) is 0 Å². The third-order valence-corrected chi connectivity index (χ3v) is 3.61. The lowest BCUT2D eigenvalue weighted by molar-refractivity contribution is 0.215. The molecule has 2 aromatic carbocycles. The van der Waals surface area contributed by atoms with E-state index in [9.17, 15) is 0 Å². The minimum Gasteiger partial charge on any atom is -0.490 e. The molecule has 0 spiro atoms. The van der Waals surface area contributed by atoms with Crippen LogP contribution in [0, 0.1) is 25.2 Å². The van der Waals surface area contributed by atoms with E-state index in [0.29, 0.717) is 24.5 Å². The number of nitrogens with zero attached hydrogens (tertiary/aromatic N) is 1. The van der Waals surface area contributed by atoms with E-state index in [1.165, 1.54) is 5.56 Å². The summed E-state index contributed by atoms with van der Waals surface area (Å²) in [6.07, 6.45) is 0. The van der Waals surface area contributed by atoms with Gasteiger partial charge in [0.05, 0.1) is 16.1 Å². The number of hydrogen-bond acceptors (Lipinski definition) is 3. The fraction of sp³-hybridized carbons (Fsp3) is 0.235. The van der Waals surface area contributed by atoms with Gasteiger partial charge in [-0.25, -0.2) is 0 Å². The van der Waals surface area contributed by atoms with Crippen molar-refractivity contribution in [3.8, 4) is 17.6 Å². The zero-order valence-corrected chi connectivity index (χ0v) is 13.6. The van der Waals surface area contributed by atoms with Crippen LogP contribution in [-0.4, -0.2) is 13.2 Å². The maximum Gasteiger partial charge on any atom is 0.133 e. The molecule has 0 unspecified atom stereocenters. The van der Waals surface area contributed by atoms with Crippen molar-refractivity contribution in [2.24, 2.45) is 0 Å². The van der Waals surface area contributed by atoms with Crippen molar-refractivity contribution in [1.29, 1.82) is 5.26 Å². The fourth-order valence-electron chi connectivity index (χ4n) is 1.95. The molecule has 0 saturated heterocycles. The SMILES string of the molecule is Cc1ccc(OCCOc2ccc(C#N)cc2Br)c(C)c1. The normalized spacial score (nSPS) is 10.0. The Kier molecular flexibility index (Phi) is 5.24. The third kappa shape index (κ3) is 4.24. The monoisotopic (exact) mass is 345 g/mol. The molecule has 21 heavy (non-hydrogen) atoms. The van der Waals surface area contributed by atoms with Crippen molar-refractivity contribution >= 4 is 15.9 Å². The Morgan fingerprint density at radius 1 is 1.00 bits per heavy atom. The quantitative estimate of drug-likeness (QED) is 0.754. The number of rotatable bonds is 5. The average Bonchev–Trinajstić information content (AvgIpc) is 2.46. The minimum absolute atomic E-state index is 0.442. The van der Waals surface area contributed by atoms with Crippen LogP contribution >= 0.6 is 15.9 Å². The van der Waals surface area contributed by atoms with Crippen LogP contribution in [0.5, 0.6) is 11.5 Å². The summed E-state index contributed by atoms with van der Waals surface area (Å²) in [7, 11) is 0. The van der Waals surface area contributed by atoms with Crippen LogP contribution in [0.2, 0.25) is 0 Å². The van der Waals surface area contributed by atoms with Gasteiger partial charge in [-0.1, -0.05) is 17.7 Å². The molecular weight excluding hydrogens is 330 g/mol. The summed E-state index contributed by atoms with van der Waals surface area (Å²) >= 11 is 3.39. The predicted molar refractivity (Wildman–Crippen MR) is 85.8 cm³/mol. The van der Waals surface area contributed by atoms with Gasteiger partial charge in [0.2, 0.25) is 0 Å². The molecule has 0 aliphatic heterocycles. The van der Waals surface area contributed by atoms with Gasteiger partial charge < -0.3 is 9.47 Å². The minimum atomic E-state index is 0.442. The highest BCUT2D eigenvalue weighted by molar-refractivity contribution is 9.10. The molecule has 0 atom stereocenters. The molecule has 0 amide bonds. The van der Waals surface area contributed by atoms with E-state index in [2.05, 4.69) is 35.0 Å². The first-order chi connectivity index (χ1) is 10.1. The van der Waals surface area contributed by atoms with E-state index in [1.54, 1.807) is 18.2 Å². The van der Waals surface area contributed by atoms with Gasteiger partial charge in [-0.15, -0.1) is 0 Å². The first-order valence-electron chi connectivity index (χ1n) is 6.62. The second kappa shape index (κ2) is 7.14. The summed E-state index contributed by atoms with van der Waals surface area (Å²) in [5.41, 5.74) is 2.94. The van der Waals surface area contributed by atoms with Crippen LogP contribution < -0.4 is 9.47 Å². The molecule has 0 N–H and O–H groups in total. The molecular formula is C17H16BrNO2. The van der Waals surface area contributed by atoms with E-state index in [4.69, 9.17) is 14.7 Å². The lowest BCUT2D eigenvalue weighted by atomic mass is 10.1. The Balaban J connectivity index is 1.86. The van der Waals surface area contributed by atoms with Crippen molar-refractivity contribution in [3.05, 3.63) is 57.6 Å². The topological polar surface area (TPSA) is 42.2 Å². The molecule has 0 fully saturated rings. The summed E-state index contributed by atoms with van der Waals surface area (Å²) in [5, 5.41) is 8.81. The lowest BCUT2D eigenvalue weighted by Gasteiger charge is -2.11. The number of ether oxygens (including phenoxy) is 2. The number of hydrogen-bond donors (Lipinski definition) is 0. The van der Waals surface area contributed by atoms with Crippen molar-refractivity contribution in [2.45, 2.75) is 13.8 Å². The standard InChI is InChI=1S/C17H16BrNO2/c1-12-3-5-16(13(2)9-12)20-7-8-21-17-6-4-14(11-19)10-15(17)18/h3-6,9-10H,7-8H2,1-2H3. The number of nitriles is 1. The first-order valence-corrected chi connectivity index (χ1v) is 7.42. The second-order valence-electron chi connectivity index (χ2n) is 4.72. The Morgan fingerprint density at radius 3 is 2.29 bits per heavy atom. The molecule has 0 aliphatic rings. The molecule has 0 radical (unpaired) electrons. The number of aryl methyl sites for hydroxylation is 2. The van der Waals surface area contributed by atoms with Crippen molar-refractivity contribution in [3.63, 3.8) is 0 Å². The highest BCUT2D eigenvalue weighted by Gasteiger charge is 2.03. The van der Waals surface area contributed by atoms with Gasteiger partial charge in [0.25, 0.3) is 0 Å². The van der Waals surface area contributed by atoms with Crippen LogP contribution in [0.25, 0.3) is 0 Å². The Morgan fingerprint density at radius 2 is 1.67 bits per heavy atom. The zero-order chi connectivity index (χ0) is 15.2. The summed E-state index contributed by atoms with van der Waals surface area (Å²) < 4.78 is 12.1. The fourth-order valence-corrected chi connectivity index (χ4v) is 2.45. The second-order valence-corrected chi connectivity index (χ2v) is 5.58. The Labute approximate surface area is 133 Å². The molecule has 3 nitrogen and oxygen atoms in total. The third-order valence-electron chi connectivity index (χ3n) is 2.99. The molecule has 4 heteroatoms. The summed E-state index contributed by atoms with van der Waals surface area (Å²) in [4.78, 5) is 0. The zero-order valence-electron chi connectivity index (χ0n) is 12.0. The van der Waals surface area contributed by atoms with Crippen molar-refractivity contribution < 1.29 is 9.47 Å². The van der Waals surface area contributed by atoms with Crippen LogP contribution in [0.1, 0.15) is 16.7 Å². The summed E-state index contributed by atoms with van der Waals surface area (Å²) in [5.74, 6) is 1.58. The van der Waals surface area contributed by atoms with Gasteiger partial charge in [0.15, 0.2) is 0 Å². The van der Waals surface area contributed by atoms with E-state index < -0.39 is 0 Å². The molecule has 2 rings (SSSR count). The van der Waals surface area contributed by atoms with Gasteiger partial charge >= 0.3 is 0 Å². The average molecular weight is 346 g/mol. The molecule has 0 bridgehead atoms. The first kappa shape index (κ1) is 15.4. The highest BCUT2D eigenvalue weighted by atomic mass is 79.9. The molecule has 0 aromatic heterocycles. The lowest BCUT2D eigenvalue weighted by Crippen LogP contribution is -2.09. The highest BCUT2D eigenvalue weighted by Crippen LogP contribution is 2.25. The molecule has 2 aromatic rings. The maximum absolute atomic E-state index is 8.81. The smallest absolute Gasteiger partial charge is 0.133 e. The Hall–Kier alpha value is -1.99. The Bertz CT molecular complexity index is 677. The molecule has 0 heterocycles. The number of benzene rings is 2. The van der Waals surface area contributed by atoms with Gasteiger partial charge in [-0.3, -0.25) is 0 Å². The summed E-state index contributed by atoms with van der Waals surface area (Å²) in [6, 6.07) is 13.4. The molecule has 0 aliphatic carbocycles. The van der Waals surface area contributed by atoms with E-state index in [0.717, 1.165) is 15.8 Å². The van der Waals surface area contributed by atoms with Crippen LogP contribution in [0.4, 0.5) is 0 Å². The van der Waals surface area contributed by atoms with Crippen LogP contribution in [0.3, 0.4) is 0 Å². The number of halogens is 1. The van der Waals surface area contributed by atoms with Gasteiger partial charge in [-0.2, -0.15) is 5.26 Å². The molecule has 108 valence electrons.